The highest BCUT2D eigenvalue weighted by Crippen LogP contribution is 2.41. The van der Waals surface area contributed by atoms with Gasteiger partial charge < -0.3 is 10.2 Å². The van der Waals surface area contributed by atoms with Crippen LogP contribution in [0.25, 0.3) is 0 Å². The van der Waals surface area contributed by atoms with E-state index in [-0.39, 0.29) is 0 Å². The Balaban J connectivity index is 1.80. The lowest BCUT2D eigenvalue weighted by Gasteiger charge is -2.45. The molecule has 2 fully saturated rings. The minimum atomic E-state index is 0.319. The summed E-state index contributed by atoms with van der Waals surface area (Å²) >= 11 is 0. The van der Waals surface area contributed by atoms with Gasteiger partial charge in [-0.2, -0.15) is 0 Å². The Morgan fingerprint density at radius 1 is 1.17 bits per heavy atom. The fourth-order valence-electron chi connectivity index (χ4n) is 3.99. The molecule has 1 aromatic rings. The number of nitrogens with zero attached hydrogens (tertiary/aromatic N) is 1. The van der Waals surface area contributed by atoms with Gasteiger partial charge in [0.1, 0.15) is 0 Å². The molecule has 2 atom stereocenters. The summed E-state index contributed by atoms with van der Waals surface area (Å²) in [6, 6.07) is 12.5. The Labute approximate surface area is 110 Å². The van der Waals surface area contributed by atoms with Crippen LogP contribution in [0, 0.1) is 0 Å². The van der Waals surface area contributed by atoms with E-state index in [1.165, 1.54) is 37.7 Å². The molecule has 1 N–H and O–H groups in total. The monoisotopic (exact) mass is 244 g/mol. The maximum absolute atomic E-state index is 3.66. The summed E-state index contributed by atoms with van der Waals surface area (Å²) in [6.45, 7) is 0. The summed E-state index contributed by atoms with van der Waals surface area (Å²) in [5.41, 5.74) is 1.79. The number of piperidine rings is 1. The second-order valence-electron chi connectivity index (χ2n) is 6.15. The Hall–Kier alpha value is -0.860. The van der Waals surface area contributed by atoms with Gasteiger partial charge in [0.2, 0.25) is 0 Å². The van der Waals surface area contributed by atoms with Crippen LogP contribution in [-0.2, 0) is 6.42 Å². The van der Waals surface area contributed by atoms with E-state index in [0.717, 1.165) is 12.1 Å². The third-order valence-corrected chi connectivity index (χ3v) is 5.15. The smallest absolute Gasteiger partial charge is 0.0248 e. The van der Waals surface area contributed by atoms with E-state index in [2.05, 4.69) is 54.6 Å². The average Bonchev–Trinajstić information content (AvgIpc) is 2.64. The first-order valence-electron chi connectivity index (χ1n) is 7.17. The van der Waals surface area contributed by atoms with Crippen molar-refractivity contribution in [1.82, 2.24) is 10.2 Å². The predicted octanol–water partition coefficient (Wildman–Crippen LogP) is 2.44. The van der Waals surface area contributed by atoms with Gasteiger partial charge in [-0.3, -0.25) is 0 Å². The predicted molar refractivity (Wildman–Crippen MR) is 75.7 cm³/mol. The van der Waals surface area contributed by atoms with Crippen LogP contribution in [0.4, 0.5) is 0 Å². The summed E-state index contributed by atoms with van der Waals surface area (Å²) in [6.07, 6.45) is 6.54. The van der Waals surface area contributed by atoms with Gasteiger partial charge in [0.05, 0.1) is 0 Å². The number of nitrogens with one attached hydrogen (secondary N) is 1. The topological polar surface area (TPSA) is 15.3 Å². The number of likely N-dealkylation sites (N-methyl/N-ethyl adjacent to an activating group) is 1. The molecular formula is C16H24N2. The molecule has 3 rings (SSSR count). The van der Waals surface area contributed by atoms with Gasteiger partial charge in [0.15, 0.2) is 0 Å². The number of hydrogen-bond acceptors (Lipinski definition) is 2. The average molecular weight is 244 g/mol. The Kier molecular flexibility index (Phi) is 3.16. The van der Waals surface area contributed by atoms with Gasteiger partial charge in [0, 0.05) is 17.6 Å². The zero-order chi connectivity index (χ0) is 12.6. The fourth-order valence-corrected chi connectivity index (χ4v) is 3.99. The number of hydrogen-bond donors (Lipinski definition) is 1. The quantitative estimate of drug-likeness (QED) is 0.878. The Morgan fingerprint density at radius 2 is 1.78 bits per heavy atom. The fraction of sp³-hybridized carbons (Fsp3) is 0.625. The minimum absolute atomic E-state index is 0.319. The number of benzene rings is 1. The zero-order valence-corrected chi connectivity index (χ0v) is 11.5. The molecule has 1 aromatic carbocycles. The van der Waals surface area contributed by atoms with Crippen LogP contribution in [0.15, 0.2) is 30.3 Å². The van der Waals surface area contributed by atoms with Crippen LogP contribution in [0.3, 0.4) is 0 Å². The Bertz CT molecular complexity index is 387. The second kappa shape index (κ2) is 4.67. The normalized spacial score (nSPS) is 35.9. The standard InChI is InChI=1S/C16H24N2/c1-17-16(10-13-6-4-3-5-7-13)11-14-8-9-15(12-16)18(14)2/h3-7,14-15,17H,8-12H2,1-2H3. The first-order valence-corrected chi connectivity index (χ1v) is 7.17. The molecule has 0 spiro atoms. The molecule has 18 heavy (non-hydrogen) atoms. The van der Waals surface area contributed by atoms with E-state index in [1.54, 1.807) is 0 Å². The molecule has 0 radical (unpaired) electrons. The van der Waals surface area contributed by atoms with Crippen molar-refractivity contribution in [2.75, 3.05) is 14.1 Å². The van der Waals surface area contributed by atoms with Crippen LogP contribution in [0.5, 0.6) is 0 Å². The van der Waals surface area contributed by atoms with Gasteiger partial charge in [-0.15, -0.1) is 0 Å². The van der Waals surface area contributed by atoms with Gasteiger partial charge >= 0.3 is 0 Å². The van der Waals surface area contributed by atoms with Gasteiger partial charge in [-0.1, -0.05) is 30.3 Å². The molecular weight excluding hydrogens is 220 g/mol. The SMILES string of the molecule is CNC1(Cc2ccccc2)CC2CCC(C1)N2C. The van der Waals surface area contributed by atoms with E-state index in [9.17, 15) is 0 Å². The summed E-state index contributed by atoms with van der Waals surface area (Å²) in [5.74, 6) is 0. The van der Waals surface area contributed by atoms with Crippen LogP contribution in [0.2, 0.25) is 0 Å². The van der Waals surface area contributed by atoms with Crippen LogP contribution >= 0.6 is 0 Å². The van der Waals surface area contributed by atoms with Crippen molar-refractivity contribution in [2.24, 2.45) is 0 Å². The van der Waals surface area contributed by atoms with E-state index in [1.807, 2.05) is 0 Å². The van der Waals surface area contributed by atoms with E-state index in [0.29, 0.717) is 5.54 Å². The van der Waals surface area contributed by atoms with Crippen molar-refractivity contribution < 1.29 is 0 Å². The maximum Gasteiger partial charge on any atom is 0.0248 e. The zero-order valence-electron chi connectivity index (χ0n) is 11.5. The molecule has 0 amide bonds. The van der Waals surface area contributed by atoms with E-state index >= 15 is 0 Å². The minimum Gasteiger partial charge on any atom is -0.314 e. The van der Waals surface area contributed by atoms with Crippen molar-refractivity contribution in [2.45, 2.75) is 49.7 Å². The van der Waals surface area contributed by atoms with Crippen LogP contribution in [0.1, 0.15) is 31.2 Å². The number of fused-ring (bicyclic) bond motifs is 2. The Morgan fingerprint density at radius 3 is 2.33 bits per heavy atom. The summed E-state index contributed by atoms with van der Waals surface area (Å²) in [4.78, 5) is 2.61. The highest BCUT2D eigenvalue weighted by atomic mass is 15.2. The lowest BCUT2D eigenvalue weighted by molar-refractivity contribution is 0.0949. The molecule has 98 valence electrons. The molecule has 0 aliphatic carbocycles. The second-order valence-corrected chi connectivity index (χ2v) is 6.15. The third-order valence-electron chi connectivity index (χ3n) is 5.15. The molecule has 2 aliphatic rings. The van der Waals surface area contributed by atoms with Gasteiger partial charge in [-0.05, 0) is 51.8 Å². The van der Waals surface area contributed by atoms with E-state index in [4.69, 9.17) is 0 Å². The maximum atomic E-state index is 3.66. The number of rotatable bonds is 3. The van der Waals surface area contributed by atoms with Gasteiger partial charge in [0.25, 0.3) is 0 Å². The molecule has 2 heterocycles. The summed E-state index contributed by atoms with van der Waals surface area (Å²) in [7, 11) is 4.46. The molecule has 2 heteroatoms. The molecule has 2 nitrogen and oxygen atoms in total. The highest BCUT2D eigenvalue weighted by Gasteiger charge is 2.45. The van der Waals surface area contributed by atoms with E-state index < -0.39 is 0 Å². The van der Waals surface area contributed by atoms with Crippen molar-refractivity contribution in [1.29, 1.82) is 0 Å². The van der Waals surface area contributed by atoms with Crippen molar-refractivity contribution in [3.8, 4) is 0 Å². The lowest BCUT2D eigenvalue weighted by atomic mass is 9.78. The largest absolute Gasteiger partial charge is 0.314 e. The van der Waals surface area contributed by atoms with Crippen LogP contribution in [-0.4, -0.2) is 36.6 Å². The molecule has 2 saturated heterocycles. The molecule has 2 aliphatic heterocycles. The van der Waals surface area contributed by atoms with Crippen molar-refractivity contribution in [3.63, 3.8) is 0 Å². The van der Waals surface area contributed by atoms with Crippen LogP contribution < -0.4 is 5.32 Å². The highest BCUT2D eigenvalue weighted by molar-refractivity contribution is 5.20. The van der Waals surface area contributed by atoms with Crippen molar-refractivity contribution in [3.05, 3.63) is 35.9 Å². The first-order chi connectivity index (χ1) is 8.72. The molecule has 0 aromatic heterocycles. The molecule has 2 unspecified atom stereocenters. The van der Waals surface area contributed by atoms with Gasteiger partial charge in [-0.25, -0.2) is 0 Å². The molecule has 2 bridgehead atoms. The lowest BCUT2D eigenvalue weighted by Crippen LogP contribution is -2.56. The third kappa shape index (κ3) is 2.08. The molecule has 0 saturated carbocycles. The van der Waals surface area contributed by atoms with Crippen molar-refractivity contribution >= 4 is 0 Å². The summed E-state index contributed by atoms with van der Waals surface area (Å²) in [5, 5.41) is 3.66. The summed E-state index contributed by atoms with van der Waals surface area (Å²) < 4.78 is 0. The first kappa shape index (κ1) is 12.2.